The second-order valence-corrected chi connectivity index (χ2v) is 7.78. The number of anilines is 1. The van der Waals surface area contributed by atoms with E-state index < -0.39 is 5.82 Å². The summed E-state index contributed by atoms with van der Waals surface area (Å²) in [7, 11) is 1.78. The monoisotopic (exact) mass is 398 g/mol. The van der Waals surface area contributed by atoms with E-state index in [-0.39, 0.29) is 24.9 Å². The highest BCUT2D eigenvalue weighted by molar-refractivity contribution is 7.16. The van der Waals surface area contributed by atoms with Crippen LogP contribution in [0, 0.1) is 5.82 Å². The average Bonchev–Trinajstić information content (AvgIpc) is 2.97. The smallest absolute Gasteiger partial charge is 0.279 e. The maximum atomic E-state index is 13.1. The number of benzene rings is 1. The third-order valence-corrected chi connectivity index (χ3v) is 4.95. The Morgan fingerprint density at radius 1 is 1.27 bits per heavy atom. The minimum Gasteiger partial charge on any atom is -0.333 e. The van der Waals surface area contributed by atoms with E-state index in [1.807, 2.05) is 19.1 Å². The number of carbonyl (C=O) groups excluding carboxylic acids is 2. The number of carbonyl (C=O) groups is 2. The van der Waals surface area contributed by atoms with Crippen LogP contribution in [-0.4, -0.2) is 43.4 Å². The first-order valence-electron chi connectivity index (χ1n) is 8.26. The summed E-state index contributed by atoms with van der Waals surface area (Å²) >= 11 is 7.38. The predicted octanol–water partition coefficient (Wildman–Crippen LogP) is 2.04. The highest BCUT2D eigenvalue weighted by atomic mass is 35.5. The van der Waals surface area contributed by atoms with Gasteiger partial charge in [-0.15, -0.1) is 11.3 Å². The van der Waals surface area contributed by atoms with Crippen molar-refractivity contribution in [1.82, 2.24) is 4.90 Å². The van der Waals surface area contributed by atoms with Crippen molar-refractivity contribution in [1.29, 1.82) is 0 Å². The standard InChI is InChI=1S/C18H21ClFN3O2S/c1-3-23(10-15-7-8-16(19)26-15)18(25)12-22(2)11-17(24)21-14-6-4-5-13(20)9-14/h4-9H,3,10-12H2,1-2H3,(H,21,24)/p+1. The van der Waals surface area contributed by atoms with E-state index in [0.29, 0.717) is 23.1 Å². The van der Waals surface area contributed by atoms with Crippen molar-refractivity contribution in [3.8, 4) is 0 Å². The van der Waals surface area contributed by atoms with E-state index in [1.165, 1.54) is 29.5 Å². The molecule has 5 nitrogen and oxygen atoms in total. The van der Waals surface area contributed by atoms with Gasteiger partial charge in [0.2, 0.25) is 0 Å². The van der Waals surface area contributed by atoms with Crippen LogP contribution in [0.15, 0.2) is 36.4 Å². The molecule has 1 aromatic carbocycles. The predicted molar refractivity (Wildman–Crippen MR) is 102 cm³/mol. The number of amides is 2. The van der Waals surface area contributed by atoms with Crippen molar-refractivity contribution < 1.29 is 18.9 Å². The number of rotatable bonds is 8. The number of quaternary nitrogens is 1. The fourth-order valence-corrected chi connectivity index (χ4v) is 3.58. The molecule has 1 unspecified atom stereocenters. The first-order chi connectivity index (χ1) is 12.4. The zero-order valence-corrected chi connectivity index (χ0v) is 16.3. The van der Waals surface area contributed by atoms with Crippen LogP contribution in [-0.2, 0) is 16.1 Å². The maximum Gasteiger partial charge on any atom is 0.279 e. The minimum absolute atomic E-state index is 0.0342. The zero-order valence-electron chi connectivity index (χ0n) is 14.7. The second-order valence-electron chi connectivity index (χ2n) is 5.98. The molecule has 2 aromatic rings. The summed E-state index contributed by atoms with van der Waals surface area (Å²) in [5.74, 6) is -0.715. The van der Waals surface area contributed by atoms with Crippen molar-refractivity contribution >= 4 is 40.4 Å². The summed E-state index contributed by atoms with van der Waals surface area (Å²) in [5, 5.41) is 2.64. The summed E-state index contributed by atoms with van der Waals surface area (Å²) in [5.41, 5.74) is 0.402. The summed E-state index contributed by atoms with van der Waals surface area (Å²) in [6.45, 7) is 3.32. The number of halogens is 2. The molecule has 0 saturated carbocycles. The van der Waals surface area contributed by atoms with Crippen molar-refractivity contribution in [3.05, 3.63) is 51.4 Å². The molecule has 2 N–H and O–H groups in total. The van der Waals surface area contributed by atoms with Gasteiger partial charge in [0.05, 0.1) is 17.9 Å². The van der Waals surface area contributed by atoms with E-state index in [0.717, 1.165) is 9.78 Å². The molecule has 1 aromatic heterocycles. The maximum absolute atomic E-state index is 13.1. The molecule has 0 aliphatic carbocycles. The average molecular weight is 399 g/mol. The van der Waals surface area contributed by atoms with Crippen LogP contribution in [0.2, 0.25) is 4.34 Å². The van der Waals surface area contributed by atoms with Gasteiger partial charge < -0.3 is 15.1 Å². The SMILES string of the molecule is CCN(Cc1ccc(Cl)s1)C(=O)C[NH+](C)CC(=O)Nc1cccc(F)c1. The third kappa shape index (κ3) is 6.40. The Kier molecular flexibility index (Phi) is 7.56. The quantitative estimate of drug-likeness (QED) is 0.715. The van der Waals surface area contributed by atoms with E-state index in [2.05, 4.69) is 5.32 Å². The topological polar surface area (TPSA) is 53.9 Å². The molecule has 0 aliphatic rings. The van der Waals surface area contributed by atoms with Crippen LogP contribution in [0.5, 0.6) is 0 Å². The van der Waals surface area contributed by atoms with Crippen LogP contribution in [0.1, 0.15) is 11.8 Å². The van der Waals surface area contributed by atoms with E-state index in [1.54, 1.807) is 18.0 Å². The van der Waals surface area contributed by atoms with Crippen LogP contribution in [0.25, 0.3) is 0 Å². The lowest BCUT2D eigenvalue weighted by atomic mass is 10.3. The molecule has 140 valence electrons. The Hall–Kier alpha value is -1.96. The van der Waals surface area contributed by atoms with Crippen LogP contribution >= 0.6 is 22.9 Å². The molecular weight excluding hydrogens is 377 g/mol. The summed E-state index contributed by atoms with van der Waals surface area (Å²) in [4.78, 5) is 28.0. The van der Waals surface area contributed by atoms with E-state index in [9.17, 15) is 14.0 Å². The Morgan fingerprint density at radius 2 is 2.04 bits per heavy atom. The number of nitrogens with one attached hydrogen (secondary N) is 2. The molecule has 0 saturated heterocycles. The van der Waals surface area contributed by atoms with Crippen molar-refractivity contribution in [3.63, 3.8) is 0 Å². The summed E-state index contributed by atoms with van der Waals surface area (Å²) < 4.78 is 13.8. The molecule has 0 bridgehead atoms. The Morgan fingerprint density at radius 3 is 2.65 bits per heavy atom. The Labute approximate surface area is 161 Å². The zero-order chi connectivity index (χ0) is 19.1. The van der Waals surface area contributed by atoms with Crippen LogP contribution < -0.4 is 10.2 Å². The first-order valence-corrected chi connectivity index (χ1v) is 9.45. The molecule has 0 spiro atoms. The van der Waals surface area contributed by atoms with Gasteiger partial charge in [0.15, 0.2) is 13.1 Å². The minimum atomic E-state index is -0.411. The van der Waals surface area contributed by atoms with Gasteiger partial charge in [0.1, 0.15) is 5.82 Å². The van der Waals surface area contributed by atoms with Gasteiger partial charge in [-0.2, -0.15) is 0 Å². The first kappa shape index (κ1) is 20.4. The number of hydrogen-bond donors (Lipinski definition) is 2. The Balaban J connectivity index is 1.83. The van der Waals surface area contributed by atoms with Gasteiger partial charge in [-0.25, -0.2) is 4.39 Å². The molecule has 8 heteroatoms. The fraction of sp³-hybridized carbons (Fsp3) is 0.333. The normalized spacial score (nSPS) is 11.8. The van der Waals surface area contributed by atoms with E-state index in [4.69, 9.17) is 11.6 Å². The molecular formula is C18H22ClFN3O2S+. The highest BCUT2D eigenvalue weighted by Gasteiger charge is 2.19. The van der Waals surface area contributed by atoms with Gasteiger partial charge in [0, 0.05) is 17.1 Å². The second kappa shape index (κ2) is 9.66. The molecule has 0 aliphatic heterocycles. The van der Waals surface area contributed by atoms with Crippen molar-refractivity contribution in [2.45, 2.75) is 13.5 Å². The van der Waals surface area contributed by atoms with Crippen LogP contribution in [0.3, 0.4) is 0 Å². The fourth-order valence-electron chi connectivity index (χ4n) is 2.48. The number of thiophene rings is 1. The molecule has 1 heterocycles. The molecule has 26 heavy (non-hydrogen) atoms. The molecule has 0 radical (unpaired) electrons. The number of hydrogen-bond acceptors (Lipinski definition) is 3. The molecule has 1 atom stereocenters. The lowest BCUT2D eigenvalue weighted by molar-refractivity contribution is -0.862. The van der Waals surface area contributed by atoms with Gasteiger partial charge in [0.25, 0.3) is 11.8 Å². The van der Waals surface area contributed by atoms with Gasteiger partial charge in [-0.1, -0.05) is 17.7 Å². The lowest BCUT2D eigenvalue weighted by Gasteiger charge is -2.22. The van der Waals surface area contributed by atoms with Crippen LogP contribution in [0.4, 0.5) is 10.1 Å². The number of nitrogens with zero attached hydrogens (tertiary/aromatic N) is 1. The van der Waals surface area contributed by atoms with Crippen molar-refractivity contribution in [2.75, 3.05) is 32.0 Å². The highest BCUT2D eigenvalue weighted by Crippen LogP contribution is 2.22. The largest absolute Gasteiger partial charge is 0.333 e. The molecule has 2 amide bonds. The Bertz CT molecular complexity index is 768. The van der Waals surface area contributed by atoms with Gasteiger partial charge >= 0.3 is 0 Å². The lowest BCUT2D eigenvalue weighted by Crippen LogP contribution is -3.11. The number of likely N-dealkylation sites (N-methyl/N-ethyl adjacent to an activating group) is 2. The van der Waals surface area contributed by atoms with Gasteiger partial charge in [-0.3, -0.25) is 9.59 Å². The summed E-state index contributed by atoms with van der Waals surface area (Å²) in [6, 6.07) is 9.43. The third-order valence-electron chi connectivity index (χ3n) is 3.73. The molecule has 0 fully saturated rings. The molecule has 2 rings (SSSR count). The summed E-state index contributed by atoms with van der Waals surface area (Å²) in [6.07, 6.45) is 0. The van der Waals surface area contributed by atoms with Crippen molar-refractivity contribution in [2.24, 2.45) is 0 Å². The van der Waals surface area contributed by atoms with Gasteiger partial charge in [-0.05, 0) is 37.3 Å². The van der Waals surface area contributed by atoms with E-state index >= 15 is 0 Å².